The maximum absolute atomic E-state index is 11.6. The Bertz CT molecular complexity index is 383. The van der Waals surface area contributed by atoms with Crippen molar-refractivity contribution in [3.05, 3.63) is 0 Å². The lowest BCUT2D eigenvalue weighted by Crippen LogP contribution is -2.63. The summed E-state index contributed by atoms with van der Waals surface area (Å²) < 4.78 is 23.2. The number of rotatable bonds is 2. The molecule has 18 heavy (non-hydrogen) atoms. The van der Waals surface area contributed by atoms with Gasteiger partial charge in [-0.2, -0.15) is 11.8 Å². The molecular formula is C12H24N2O2S2. The van der Waals surface area contributed by atoms with Crippen LogP contribution >= 0.6 is 11.8 Å². The smallest absolute Gasteiger partial charge is 0.150 e. The number of sulfone groups is 1. The molecule has 2 unspecified atom stereocenters. The molecule has 0 saturated carbocycles. The fraction of sp³-hybridized carbons (Fsp3) is 1.00. The summed E-state index contributed by atoms with van der Waals surface area (Å²) >= 11 is 2.00. The molecule has 0 amide bonds. The highest BCUT2D eigenvalue weighted by molar-refractivity contribution is 8.00. The first-order chi connectivity index (χ1) is 8.40. The molecule has 106 valence electrons. The lowest BCUT2D eigenvalue weighted by atomic mass is 9.88. The molecule has 2 N–H and O–H groups in total. The SMILES string of the molecule is CC1SCCN(C2(CN)CCS(=O)(=O)CC2)C1C. The van der Waals surface area contributed by atoms with Crippen LogP contribution in [0.3, 0.4) is 0 Å². The predicted molar refractivity (Wildman–Crippen MR) is 77.8 cm³/mol. The Hall–Kier alpha value is 0.220. The highest BCUT2D eigenvalue weighted by Gasteiger charge is 2.44. The molecule has 0 radical (unpaired) electrons. The molecule has 0 aromatic heterocycles. The summed E-state index contributed by atoms with van der Waals surface area (Å²) in [6, 6.07) is 0.480. The standard InChI is InChI=1S/C12H24N2O2S2/c1-10-11(2)17-6-5-14(10)12(9-13)3-7-18(15,16)8-4-12/h10-11H,3-9,13H2,1-2H3. The third-order valence-corrected chi connectivity index (χ3v) is 7.62. The summed E-state index contributed by atoms with van der Waals surface area (Å²) in [4.78, 5) is 2.49. The monoisotopic (exact) mass is 292 g/mol. The van der Waals surface area contributed by atoms with E-state index in [1.165, 1.54) is 0 Å². The van der Waals surface area contributed by atoms with Crippen molar-refractivity contribution in [1.29, 1.82) is 0 Å². The largest absolute Gasteiger partial charge is 0.329 e. The van der Waals surface area contributed by atoms with Crippen molar-refractivity contribution in [1.82, 2.24) is 4.90 Å². The first-order valence-electron chi connectivity index (χ1n) is 6.69. The first kappa shape index (κ1) is 14.6. The van der Waals surface area contributed by atoms with Crippen LogP contribution in [0.2, 0.25) is 0 Å². The van der Waals surface area contributed by atoms with Crippen LogP contribution in [0, 0.1) is 0 Å². The molecule has 2 atom stereocenters. The van der Waals surface area contributed by atoms with Crippen molar-refractivity contribution in [2.45, 2.75) is 43.5 Å². The normalized spacial score (nSPS) is 36.4. The lowest BCUT2D eigenvalue weighted by molar-refractivity contribution is 0.0485. The topological polar surface area (TPSA) is 63.4 Å². The maximum Gasteiger partial charge on any atom is 0.150 e. The van der Waals surface area contributed by atoms with Crippen molar-refractivity contribution in [2.24, 2.45) is 5.73 Å². The molecule has 2 heterocycles. The van der Waals surface area contributed by atoms with Crippen LogP contribution in [0.4, 0.5) is 0 Å². The van der Waals surface area contributed by atoms with Crippen LogP contribution in [-0.2, 0) is 9.84 Å². The molecule has 2 rings (SSSR count). The number of nitrogens with zero attached hydrogens (tertiary/aromatic N) is 1. The highest BCUT2D eigenvalue weighted by Crippen LogP contribution is 2.36. The van der Waals surface area contributed by atoms with Gasteiger partial charge in [0.2, 0.25) is 0 Å². The summed E-state index contributed by atoms with van der Waals surface area (Å²) in [6.07, 6.45) is 1.40. The Kier molecular flexibility index (Phi) is 4.31. The van der Waals surface area contributed by atoms with Gasteiger partial charge in [0.1, 0.15) is 9.84 Å². The van der Waals surface area contributed by atoms with Crippen molar-refractivity contribution in [2.75, 3.05) is 30.3 Å². The van der Waals surface area contributed by atoms with Gasteiger partial charge in [0.15, 0.2) is 0 Å². The van der Waals surface area contributed by atoms with Crippen LogP contribution in [0.15, 0.2) is 0 Å². The van der Waals surface area contributed by atoms with Crippen molar-refractivity contribution < 1.29 is 8.42 Å². The zero-order valence-corrected chi connectivity index (χ0v) is 12.9. The Morgan fingerprint density at radius 2 is 1.94 bits per heavy atom. The second-order valence-corrected chi connectivity index (χ2v) is 9.38. The minimum absolute atomic E-state index is 0.0834. The number of hydrogen-bond donors (Lipinski definition) is 1. The molecule has 2 aliphatic heterocycles. The molecule has 4 nitrogen and oxygen atoms in total. The van der Waals surface area contributed by atoms with Gasteiger partial charge in [0, 0.05) is 35.7 Å². The van der Waals surface area contributed by atoms with E-state index in [9.17, 15) is 8.42 Å². The van der Waals surface area contributed by atoms with E-state index in [0.717, 1.165) is 12.3 Å². The summed E-state index contributed by atoms with van der Waals surface area (Å²) in [7, 11) is -2.82. The lowest BCUT2D eigenvalue weighted by Gasteiger charge is -2.52. The Morgan fingerprint density at radius 3 is 2.50 bits per heavy atom. The van der Waals surface area contributed by atoms with Crippen LogP contribution in [0.5, 0.6) is 0 Å². The van der Waals surface area contributed by atoms with Gasteiger partial charge in [0.05, 0.1) is 11.5 Å². The molecule has 2 aliphatic rings. The minimum Gasteiger partial charge on any atom is -0.329 e. The van der Waals surface area contributed by atoms with Gasteiger partial charge in [-0.15, -0.1) is 0 Å². The van der Waals surface area contributed by atoms with Gasteiger partial charge in [-0.1, -0.05) is 6.92 Å². The van der Waals surface area contributed by atoms with Gasteiger partial charge in [0.25, 0.3) is 0 Å². The van der Waals surface area contributed by atoms with Gasteiger partial charge in [-0.25, -0.2) is 8.42 Å². The molecule has 0 aliphatic carbocycles. The molecule has 2 fully saturated rings. The first-order valence-corrected chi connectivity index (χ1v) is 9.56. The van der Waals surface area contributed by atoms with E-state index in [-0.39, 0.29) is 5.54 Å². The fourth-order valence-electron chi connectivity index (χ4n) is 3.13. The van der Waals surface area contributed by atoms with Crippen LogP contribution in [0.1, 0.15) is 26.7 Å². The minimum atomic E-state index is -2.82. The molecule has 6 heteroatoms. The zero-order chi connectivity index (χ0) is 13.4. The molecule has 0 aromatic carbocycles. The third kappa shape index (κ3) is 2.71. The highest BCUT2D eigenvalue weighted by atomic mass is 32.2. The second-order valence-electron chi connectivity index (χ2n) is 5.59. The van der Waals surface area contributed by atoms with Crippen LogP contribution in [-0.4, -0.2) is 60.5 Å². The average Bonchev–Trinajstić information content (AvgIpc) is 2.34. The van der Waals surface area contributed by atoms with Crippen molar-refractivity contribution in [3.8, 4) is 0 Å². The second kappa shape index (κ2) is 5.31. The van der Waals surface area contributed by atoms with E-state index in [1.54, 1.807) is 0 Å². The maximum atomic E-state index is 11.6. The fourth-order valence-corrected chi connectivity index (χ4v) is 5.81. The zero-order valence-electron chi connectivity index (χ0n) is 11.3. The predicted octanol–water partition coefficient (Wildman–Crippen LogP) is 0.718. The van der Waals surface area contributed by atoms with E-state index < -0.39 is 9.84 Å². The molecule has 0 bridgehead atoms. The molecule has 0 spiro atoms. The number of nitrogens with two attached hydrogens (primary N) is 1. The average molecular weight is 292 g/mol. The van der Waals surface area contributed by atoms with E-state index in [2.05, 4.69) is 18.7 Å². The van der Waals surface area contributed by atoms with Gasteiger partial charge in [-0.05, 0) is 19.8 Å². The molecule has 0 aromatic rings. The van der Waals surface area contributed by atoms with E-state index in [0.29, 0.717) is 42.2 Å². The summed E-state index contributed by atoms with van der Waals surface area (Å²) in [5.41, 5.74) is 5.94. The summed E-state index contributed by atoms with van der Waals surface area (Å²) in [5.74, 6) is 1.73. The van der Waals surface area contributed by atoms with Crippen LogP contribution < -0.4 is 5.73 Å². The number of hydrogen-bond acceptors (Lipinski definition) is 5. The van der Waals surface area contributed by atoms with Gasteiger partial charge >= 0.3 is 0 Å². The van der Waals surface area contributed by atoms with Gasteiger partial charge in [-0.3, -0.25) is 4.90 Å². The van der Waals surface area contributed by atoms with Gasteiger partial charge < -0.3 is 5.73 Å². The molecule has 2 saturated heterocycles. The molecular weight excluding hydrogens is 268 g/mol. The quantitative estimate of drug-likeness (QED) is 0.812. The van der Waals surface area contributed by atoms with Crippen molar-refractivity contribution in [3.63, 3.8) is 0 Å². The van der Waals surface area contributed by atoms with Crippen molar-refractivity contribution >= 4 is 21.6 Å². The van der Waals surface area contributed by atoms with Crippen LogP contribution in [0.25, 0.3) is 0 Å². The summed E-state index contributed by atoms with van der Waals surface area (Å²) in [5, 5.41) is 0.598. The Morgan fingerprint density at radius 1 is 1.33 bits per heavy atom. The summed E-state index contributed by atoms with van der Waals surface area (Å²) in [6.45, 7) is 6.11. The number of thioether (sulfide) groups is 1. The van der Waals surface area contributed by atoms with E-state index >= 15 is 0 Å². The Balaban J connectivity index is 2.17. The Labute approximate surface area is 115 Å². The van der Waals surface area contributed by atoms with E-state index in [1.807, 2.05) is 11.8 Å². The van der Waals surface area contributed by atoms with E-state index in [4.69, 9.17) is 5.73 Å². The third-order valence-electron chi connectivity index (χ3n) is 4.63.